The highest BCUT2D eigenvalue weighted by Crippen LogP contribution is 2.38. The predicted molar refractivity (Wildman–Crippen MR) is 81.4 cm³/mol. The van der Waals surface area contributed by atoms with Crippen molar-refractivity contribution in [2.45, 2.75) is 38.0 Å². The van der Waals surface area contributed by atoms with Gasteiger partial charge in [0.25, 0.3) is 0 Å². The summed E-state index contributed by atoms with van der Waals surface area (Å²) in [5.41, 5.74) is 0.708. The van der Waals surface area contributed by atoms with Crippen molar-refractivity contribution in [1.82, 2.24) is 14.5 Å². The summed E-state index contributed by atoms with van der Waals surface area (Å²) < 4.78 is 13.9. The van der Waals surface area contributed by atoms with Crippen molar-refractivity contribution in [2.24, 2.45) is 5.92 Å². The van der Waals surface area contributed by atoms with Crippen LogP contribution in [-0.4, -0.2) is 39.0 Å². The number of imidazole rings is 1. The molecule has 6 nitrogen and oxygen atoms in total. The van der Waals surface area contributed by atoms with Gasteiger partial charge >= 0.3 is 0 Å². The molecule has 1 amide bonds. The fourth-order valence-electron chi connectivity index (χ4n) is 3.75. The lowest BCUT2D eigenvalue weighted by atomic mass is 10.0. The summed E-state index contributed by atoms with van der Waals surface area (Å²) >= 11 is 0. The van der Waals surface area contributed by atoms with Gasteiger partial charge in [0.15, 0.2) is 5.76 Å². The average molecular weight is 313 g/mol. The van der Waals surface area contributed by atoms with E-state index in [4.69, 9.17) is 9.15 Å². The van der Waals surface area contributed by atoms with Gasteiger partial charge in [0.2, 0.25) is 5.91 Å². The molecule has 0 radical (unpaired) electrons. The minimum atomic E-state index is -0.278. The Labute approximate surface area is 134 Å². The third kappa shape index (κ3) is 2.12. The van der Waals surface area contributed by atoms with Crippen molar-refractivity contribution in [3.8, 4) is 11.5 Å². The van der Waals surface area contributed by atoms with E-state index < -0.39 is 0 Å². The quantitative estimate of drug-likeness (QED) is 0.851. The van der Waals surface area contributed by atoms with Crippen LogP contribution in [-0.2, 0) is 22.7 Å². The lowest BCUT2D eigenvalue weighted by Crippen LogP contribution is -2.45. The highest BCUT2D eigenvalue weighted by Gasteiger charge is 2.46. The largest absolute Gasteiger partial charge is 0.463 e. The number of carbonyl (C=O) groups is 1. The summed E-state index contributed by atoms with van der Waals surface area (Å²) in [7, 11) is 0. The molecule has 0 bridgehead atoms. The van der Waals surface area contributed by atoms with Crippen molar-refractivity contribution < 1.29 is 13.9 Å². The highest BCUT2D eigenvalue weighted by molar-refractivity contribution is 5.81. The topological polar surface area (TPSA) is 60.5 Å². The van der Waals surface area contributed by atoms with Crippen molar-refractivity contribution >= 4 is 5.91 Å². The molecule has 2 fully saturated rings. The molecule has 6 heteroatoms. The smallest absolute Gasteiger partial charge is 0.225 e. The summed E-state index contributed by atoms with van der Waals surface area (Å²) in [6, 6.07) is 3.83. The molecule has 5 rings (SSSR count). The third-order valence-corrected chi connectivity index (χ3v) is 5.22. The molecule has 1 spiro atoms. The number of nitrogens with zero attached hydrogens (tertiary/aromatic N) is 3. The maximum absolute atomic E-state index is 12.3. The van der Waals surface area contributed by atoms with Crippen LogP contribution in [0.2, 0.25) is 0 Å². The molecule has 2 aliphatic heterocycles. The Morgan fingerprint density at radius 2 is 2.26 bits per heavy atom. The van der Waals surface area contributed by atoms with E-state index in [9.17, 15) is 4.79 Å². The lowest BCUT2D eigenvalue weighted by Gasteiger charge is -2.35. The van der Waals surface area contributed by atoms with Crippen molar-refractivity contribution in [3.05, 3.63) is 30.4 Å². The number of fused-ring (bicyclic) bond motifs is 1. The molecule has 2 aromatic heterocycles. The lowest BCUT2D eigenvalue weighted by molar-refractivity contribution is -0.134. The second-order valence-electron chi connectivity index (χ2n) is 6.88. The molecule has 23 heavy (non-hydrogen) atoms. The fourth-order valence-corrected chi connectivity index (χ4v) is 3.75. The van der Waals surface area contributed by atoms with Gasteiger partial charge in [0.05, 0.1) is 25.5 Å². The maximum Gasteiger partial charge on any atom is 0.225 e. The molecular weight excluding hydrogens is 294 g/mol. The molecule has 0 N–H and O–H groups in total. The number of furan rings is 1. The first-order valence-electron chi connectivity index (χ1n) is 8.25. The Hall–Kier alpha value is -2.08. The van der Waals surface area contributed by atoms with Crippen molar-refractivity contribution in [2.75, 3.05) is 13.1 Å². The zero-order chi connectivity index (χ0) is 15.4. The van der Waals surface area contributed by atoms with Crippen LogP contribution in [0.5, 0.6) is 0 Å². The highest BCUT2D eigenvalue weighted by atomic mass is 16.5. The Kier molecular flexibility index (Phi) is 2.74. The SMILES string of the molecule is O=C(C1CC1)N1CC[C@]2(C1)Cn1c(-c3ccco3)cnc1CO2. The first-order chi connectivity index (χ1) is 11.2. The van der Waals surface area contributed by atoms with Gasteiger partial charge in [-0.25, -0.2) is 4.98 Å². The number of rotatable bonds is 2. The molecule has 4 heterocycles. The normalized spacial score (nSPS) is 26.7. The molecule has 3 aliphatic rings. The average Bonchev–Trinajstić information content (AvgIpc) is 2.98. The van der Waals surface area contributed by atoms with Gasteiger partial charge in [-0.05, 0) is 31.4 Å². The molecule has 0 unspecified atom stereocenters. The molecule has 1 saturated carbocycles. The van der Waals surface area contributed by atoms with E-state index in [1.54, 1.807) is 6.26 Å². The number of amides is 1. The molecular formula is C17H19N3O3. The number of aromatic nitrogens is 2. The van der Waals surface area contributed by atoms with Gasteiger partial charge in [0.1, 0.15) is 23.7 Å². The van der Waals surface area contributed by atoms with Crippen LogP contribution >= 0.6 is 0 Å². The van der Waals surface area contributed by atoms with E-state index in [-0.39, 0.29) is 11.5 Å². The first kappa shape index (κ1) is 13.4. The number of carbonyl (C=O) groups excluding carboxylic acids is 1. The predicted octanol–water partition coefficient (Wildman–Crippen LogP) is 2.05. The van der Waals surface area contributed by atoms with Gasteiger partial charge in [-0.15, -0.1) is 0 Å². The van der Waals surface area contributed by atoms with Gasteiger partial charge in [-0.1, -0.05) is 0 Å². The van der Waals surface area contributed by atoms with Crippen LogP contribution in [0.3, 0.4) is 0 Å². The van der Waals surface area contributed by atoms with E-state index in [0.717, 1.165) is 49.6 Å². The van der Waals surface area contributed by atoms with Crippen LogP contribution in [0.15, 0.2) is 29.0 Å². The number of likely N-dealkylation sites (tertiary alicyclic amines) is 1. The molecule has 120 valence electrons. The summed E-state index contributed by atoms with van der Waals surface area (Å²) in [5.74, 6) is 2.34. The third-order valence-electron chi connectivity index (χ3n) is 5.22. The fraction of sp³-hybridized carbons (Fsp3) is 0.529. The summed E-state index contributed by atoms with van der Waals surface area (Å²) in [4.78, 5) is 18.8. The number of hydrogen-bond donors (Lipinski definition) is 0. The van der Waals surface area contributed by atoms with Gasteiger partial charge in [0, 0.05) is 12.5 Å². The van der Waals surface area contributed by atoms with E-state index in [2.05, 4.69) is 9.55 Å². The van der Waals surface area contributed by atoms with E-state index >= 15 is 0 Å². The van der Waals surface area contributed by atoms with Crippen molar-refractivity contribution in [1.29, 1.82) is 0 Å². The number of hydrogen-bond acceptors (Lipinski definition) is 4. The first-order valence-corrected chi connectivity index (χ1v) is 8.25. The van der Waals surface area contributed by atoms with Gasteiger partial charge < -0.3 is 18.6 Å². The second kappa shape index (κ2) is 4.71. The minimum absolute atomic E-state index is 0.274. The van der Waals surface area contributed by atoms with Crippen molar-refractivity contribution in [3.63, 3.8) is 0 Å². The Balaban J connectivity index is 1.42. The van der Waals surface area contributed by atoms with Crippen LogP contribution < -0.4 is 0 Å². The molecule has 0 aromatic carbocycles. The van der Waals surface area contributed by atoms with E-state index in [0.29, 0.717) is 19.1 Å². The van der Waals surface area contributed by atoms with E-state index in [1.807, 2.05) is 23.2 Å². The standard InChI is InChI=1S/C17H19N3O3/c21-16(12-3-4-12)19-6-5-17(10-19)11-20-13(14-2-1-7-22-14)8-18-15(20)9-23-17/h1-2,7-8,12H,3-6,9-11H2/t17-/m0/s1. The monoisotopic (exact) mass is 313 g/mol. The number of ether oxygens (including phenoxy) is 1. The van der Waals surface area contributed by atoms with Crippen LogP contribution in [0.4, 0.5) is 0 Å². The summed E-state index contributed by atoms with van der Waals surface area (Å²) in [6.07, 6.45) is 6.52. The van der Waals surface area contributed by atoms with E-state index in [1.165, 1.54) is 0 Å². The molecule has 1 atom stereocenters. The zero-order valence-electron chi connectivity index (χ0n) is 12.9. The van der Waals surface area contributed by atoms with Crippen LogP contribution in [0.25, 0.3) is 11.5 Å². The zero-order valence-corrected chi connectivity index (χ0v) is 12.9. The molecule has 1 saturated heterocycles. The Bertz CT molecular complexity index is 747. The Morgan fingerprint density at radius 1 is 1.35 bits per heavy atom. The van der Waals surface area contributed by atoms with Crippen LogP contribution in [0.1, 0.15) is 25.1 Å². The molecule has 1 aliphatic carbocycles. The van der Waals surface area contributed by atoms with Gasteiger partial charge in [-0.3, -0.25) is 4.79 Å². The van der Waals surface area contributed by atoms with Crippen LogP contribution in [0, 0.1) is 5.92 Å². The summed E-state index contributed by atoms with van der Waals surface area (Å²) in [5, 5.41) is 0. The Morgan fingerprint density at radius 3 is 3.04 bits per heavy atom. The maximum atomic E-state index is 12.3. The molecule has 2 aromatic rings. The second-order valence-corrected chi connectivity index (χ2v) is 6.88. The summed E-state index contributed by atoms with van der Waals surface area (Å²) in [6.45, 7) is 2.71. The van der Waals surface area contributed by atoms with Gasteiger partial charge in [-0.2, -0.15) is 0 Å². The minimum Gasteiger partial charge on any atom is -0.463 e.